The van der Waals surface area contributed by atoms with E-state index < -0.39 is 0 Å². The molecule has 1 aromatic carbocycles. The van der Waals surface area contributed by atoms with Gasteiger partial charge in [0.25, 0.3) is 0 Å². The molecule has 6 rings (SSSR count). The summed E-state index contributed by atoms with van der Waals surface area (Å²) >= 11 is 0. The van der Waals surface area contributed by atoms with Crippen LogP contribution in [0.5, 0.6) is 0 Å². The third-order valence-electron chi connectivity index (χ3n) is 8.18. The van der Waals surface area contributed by atoms with Gasteiger partial charge in [-0.25, -0.2) is 0 Å². The summed E-state index contributed by atoms with van der Waals surface area (Å²) in [6.07, 6.45) is 8.33. The molecule has 1 N–H and O–H groups in total. The van der Waals surface area contributed by atoms with E-state index in [-0.39, 0.29) is 17.4 Å². The Morgan fingerprint density at radius 1 is 1.15 bits per heavy atom. The molecule has 27 heavy (non-hydrogen) atoms. The van der Waals surface area contributed by atoms with Crippen LogP contribution in [0.3, 0.4) is 0 Å². The lowest BCUT2D eigenvalue weighted by molar-refractivity contribution is -0.143. The van der Waals surface area contributed by atoms with E-state index in [1.807, 2.05) is 0 Å². The average Bonchev–Trinajstić information content (AvgIpc) is 3.56. The van der Waals surface area contributed by atoms with Crippen molar-refractivity contribution >= 4 is 11.8 Å². The van der Waals surface area contributed by atoms with E-state index in [2.05, 4.69) is 34.5 Å². The summed E-state index contributed by atoms with van der Waals surface area (Å²) in [5, 5.41) is 3.11. The molecule has 4 nitrogen and oxygen atoms in total. The summed E-state index contributed by atoms with van der Waals surface area (Å²) in [6, 6.07) is 9.33. The van der Waals surface area contributed by atoms with Crippen molar-refractivity contribution in [3.8, 4) is 0 Å². The molecule has 4 heteroatoms. The van der Waals surface area contributed by atoms with Crippen molar-refractivity contribution in [2.75, 3.05) is 13.1 Å². The van der Waals surface area contributed by atoms with Gasteiger partial charge in [0.1, 0.15) is 0 Å². The van der Waals surface area contributed by atoms with Gasteiger partial charge in [0, 0.05) is 36.4 Å². The number of hydrogen-bond acceptors (Lipinski definition) is 2. The average molecular weight is 364 g/mol. The van der Waals surface area contributed by atoms with Crippen LogP contribution in [0, 0.1) is 11.8 Å². The molecule has 3 saturated carbocycles. The molecule has 3 aliphatic carbocycles. The molecule has 5 fully saturated rings. The molecule has 2 amide bonds. The molecule has 0 aromatic heterocycles. The van der Waals surface area contributed by atoms with Crippen molar-refractivity contribution in [1.29, 1.82) is 0 Å². The first-order valence-corrected chi connectivity index (χ1v) is 10.8. The Morgan fingerprint density at radius 2 is 2.00 bits per heavy atom. The summed E-state index contributed by atoms with van der Waals surface area (Å²) in [7, 11) is 0. The minimum absolute atomic E-state index is 0.0419. The number of amides is 2. The fraction of sp³-hybridized carbons (Fsp3) is 0.652. The van der Waals surface area contributed by atoms with Gasteiger partial charge < -0.3 is 10.2 Å². The minimum atomic E-state index is -0.0419. The molecule has 2 heterocycles. The molecule has 142 valence electrons. The summed E-state index contributed by atoms with van der Waals surface area (Å²) in [5.41, 5.74) is 3.37. The third-order valence-corrected chi connectivity index (χ3v) is 8.18. The molecule has 2 aliphatic heterocycles. The number of carbonyl (C=O) groups is 2. The first kappa shape index (κ1) is 16.1. The van der Waals surface area contributed by atoms with Crippen LogP contribution in [0.4, 0.5) is 0 Å². The number of rotatable bonds is 3. The lowest BCUT2D eigenvalue weighted by Gasteiger charge is -2.46. The van der Waals surface area contributed by atoms with Crippen LogP contribution in [0.25, 0.3) is 0 Å². The zero-order valence-electron chi connectivity index (χ0n) is 15.9. The fourth-order valence-electron chi connectivity index (χ4n) is 6.23. The highest BCUT2D eigenvalue weighted by atomic mass is 16.2. The van der Waals surface area contributed by atoms with Gasteiger partial charge in [0.15, 0.2) is 0 Å². The van der Waals surface area contributed by atoms with Gasteiger partial charge in [-0.3, -0.25) is 9.59 Å². The second kappa shape index (κ2) is 5.36. The van der Waals surface area contributed by atoms with Crippen molar-refractivity contribution in [1.82, 2.24) is 10.2 Å². The fourth-order valence-corrected chi connectivity index (χ4v) is 6.23. The predicted octanol–water partition coefficient (Wildman–Crippen LogP) is 3.11. The van der Waals surface area contributed by atoms with E-state index in [0.717, 1.165) is 44.7 Å². The minimum Gasteiger partial charge on any atom is -0.351 e. The molecule has 2 saturated heterocycles. The van der Waals surface area contributed by atoms with Gasteiger partial charge in [-0.05, 0) is 67.9 Å². The van der Waals surface area contributed by atoms with Gasteiger partial charge in [-0.15, -0.1) is 0 Å². The van der Waals surface area contributed by atoms with Crippen molar-refractivity contribution in [3.05, 3.63) is 35.4 Å². The Kier molecular flexibility index (Phi) is 3.21. The summed E-state index contributed by atoms with van der Waals surface area (Å²) in [5.74, 6) is 2.09. The Balaban J connectivity index is 1.10. The van der Waals surface area contributed by atoms with E-state index in [4.69, 9.17) is 0 Å². The monoisotopic (exact) mass is 364 g/mol. The van der Waals surface area contributed by atoms with Crippen molar-refractivity contribution in [2.24, 2.45) is 11.8 Å². The number of fused-ring (bicyclic) bond motifs is 1. The first-order chi connectivity index (χ1) is 13.1. The van der Waals surface area contributed by atoms with Crippen molar-refractivity contribution in [3.63, 3.8) is 0 Å². The van der Waals surface area contributed by atoms with Crippen LogP contribution in [-0.2, 0) is 15.0 Å². The second-order valence-electron chi connectivity index (χ2n) is 9.92. The van der Waals surface area contributed by atoms with Gasteiger partial charge in [0.2, 0.25) is 11.8 Å². The SMILES string of the molecule is O=C1CC[C@]2(C[C@H](C(=O)N3CCC4(c5cccc(C6CC6)c5)CC4C3)C2)N1. The normalized spacial score (nSPS) is 39.7. The number of benzene rings is 1. The van der Waals surface area contributed by atoms with Gasteiger partial charge in [0.05, 0.1) is 0 Å². The van der Waals surface area contributed by atoms with Crippen LogP contribution in [0.1, 0.15) is 68.4 Å². The van der Waals surface area contributed by atoms with E-state index in [1.54, 1.807) is 0 Å². The molecule has 2 unspecified atom stereocenters. The maximum Gasteiger partial charge on any atom is 0.225 e. The molecule has 5 aliphatic rings. The van der Waals surface area contributed by atoms with E-state index in [9.17, 15) is 9.59 Å². The van der Waals surface area contributed by atoms with Crippen molar-refractivity contribution < 1.29 is 9.59 Å². The molecule has 2 atom stereocenters. The standard InChI is InChI=1S/C23H28N2O2/c26-20-6-7-22(24-20)11-17(12-22)21(27)25-9-8-23(13-19(23)14-25)18-3-1-2-16(10-18)15-4-5-15/h1-3,10,15,17,19H,4-9,11-14H2,(H,24,26)/t17-,19?,22+,23?. The highest BCUT2D eigenvalue weighted by Gasteiger charge is 2.59. The van der Waals surface area contributed by atoms with Crippen LogP contribution in [-0.4, -0.2) is 35.3 Å². The molecule has 0 radical (unpaired) electrons. The number of piperidine rings is 1. The highest BCUT2D eigenvalue weighted by Crippen LogP contribution is 2.60. The smallest absolute Gasteiger partial charge is 0.225 e. The first-order valence-electron chi connectivity index (χ1n) is 10.8. The Labute approximate surface area is 160 Å². The molecule has 0 bridgehead atoms. The van der Waals surface area contributed by atoms with Gasteiger partial charge in [-0.1, -0.05) is 24.3 Å². The number of nitrogens with zero attached hydrogens (tertiary/aromatic N) is 1. The van der Waals surface area contributed by atoms with Gasteiger partial charge >= 0.3 is 0 Å². The van der Waals surface area contributed by atoms with Gasteiger partial charge in [-0.2, -0.15) is 0 Å². The maximum atomic E-state index is 13.0. The Morgan fingerprint density at radius 3 is 2.70 bits per heavy atom. The number of nitrogens with one attached hydrogen (secondary N) is 1. The molecular formula is C23H28N2O2. The van der Waals surface area contributed by atoms with E-state index in [1.165, 1.54) is 30.4 Å². The van der Waals surface area contributed by atoms with Crippen LogP contribution in [0.2, 0.25) is 0 Å². The summed E-state index contributed by atoms with van der Waals surface area (Å²) < 4.78 is 0. The van der Waals surface area contributed by atoms with Crippen LogP contribution in [0.15, 0.2) is 24.3 Å². The second-order valence-corrected chi connectivity index (χ2v) is 9.92. The predicted molar refractivity (Wildman–Crippen MR) is 102 cm³/mol. The Bertz CT molecular complexity index is 823. The molecule has 1 aromatic rings. The highest BCUT2D eigenvalue weighted by molar-refractivity contribution is 5.84. The van der Waals surface area contributed by atoms with E-state index in [0.29, 0.717) is 23.7 Å². The topological polar surface area (TPSA) is 49.4 Å². The lowest BCUT2D eigenvalue weighted by Crippen LogP contribution is -2.57. The molecular weight excluding hydrogens is 336 g/mol. The molecule has 1 spiro atoms. The zero-order valence-corrected chi connectivity index (χ0v) is 15.9. The van der Waals surface area contributed by atoms with Crippen LogP contribution >= 0.6 is 0 Å². The van der Waals surface area contributed by atoms with Crippen LogP contribution < -0.4 is 5.32 Å². The van der Waals surface area contributed by atoms with Crippen molar-refractivity contribution in [2.45, 2.75) is 68.2 Å². The number of carbonyl (C=O) groups excluding carboxylic acids is 2. The van der Waals surface area contributed by atoms with E-state index >= 15 is 0 Å². The number of likely N-dealkylation sites (tertiary alicyclic amines) is 1. The largest absolute Gasteiger partial charge is 0.351 e. The number of hydrogen-bond donors (Lipinski definition) is 1. The summed E-state index contributed by atoms with van der Waals surface area (Å²) in [6.45, 7) is 1.83. The lowest BCUT2D eigenvalue weighted by atomic mass is 9.67. The third kappa shape index (κ3) is 2.48. The maximum absolute atomic E-state index is 13.0. The zero-order chi connectivity index (χ0) is 18.2. The summed E-state index contributed by atoms with van der Waals surface area (Å²) in [4.78, 5) is 26.6. The quantitative estimate of drug-likeness (QED) is 0.896. The Hall–Kier alpha value is -1.84.